The van der Waals surface area contributed by atoms with Gasteiger partial charge in [-0.3, -0.25) is 9.69 Å². The van der Waals surface area contributed by atoms with E-state index in [1.165, 1.54) is 0 Å². The number of nitrogens with zero attached hydrogens (tertiary/aromatic N) is 3. The number of benzene rings is 2. The number of ketones is 1. The number of thioether (sulfide) groups is 1. The molecular formula is C24H28ClN3O2S. The van der Waals surface area contributed by atoms with Crippen LogP contribution in [0.25, 0.3) is 10.9 Å². The average Bonchev–Trinajstić information content (AvgIpc) is 3.09. The van der Waals surface area contributed by atoms with Crippen LogP contribution in [0.3, 0.4) is 0 Å². The highest BCUT2D eigenvalue weighted by Gasteiger charge is 2.34. The lowest BCUT2D eigenvalue weighted by Crippen LogP contribution is -2.49. The molecule has 31 heavy (non-hydrogen) atoms. The Kier molecular flexibility index (Phi) is 6.51. The Labute approximate surface area is 193 Å². The van der Waals surface area contributed by atoms with Crippen molar-refractivity contribution in [2.45, 2.75) is 5.03 Å². The van der Waals surface area contributed by atoms with E-state index in [0.29, 0.717) is 5.78 Å². The summed E-state index contributed by atoms with van der Waals surface area (Å²) in [5.74, 6) is 2.16. The molecule has 0 saturated carbocycles. The molecule has 1 unspecified atom stereocenters. The van der Waals surface area contributed by atoms with Crippen LogP contribution in [0.4, 0.5) is 5.69 Å². The molecule has 0 radical (unpaired) electrons. The van der Waals surface area contributed by atoms with Crippen molar-refractivity contribution in [3.05, 3.63) is 54.1 Å². The minimum absolute atomic E-state index is 0. The van der Waals surface area contributed by atoms with E-state index in [0.717, 1.165) is 71.4 Å². The number of Topliss-reactive ketones (excluding diaryl/α,β-unsaturated/α-hetero) is 1. The van der Waals surface area contributed by atoms with Crippen molar-refractivity contribution in [1.29, 1.82) is 0 Å². The van der Waals surface area contributed by atoms with Crippen LogP contribution in [0.2, 0.25) is 0 Å². The number of aromatic nitrogens is 1. The molecule has 1 fully saturated rings. The molecule has 7 heteroatoms. The van der Waals surface area contributed by atoms with Crippen LogP contribution in [-0.4, -0.2) is 60.8 Å². The summed E-state index contributed by atoms with van der Waals surface area (Å²) < 4.78 is 7.70. The molecule has 3 aromatic rings. The number of ether oxygens (including phenoxy) is 1. The quantitative estimate of drug-likeness (QED) is 0.582. The molecule has 0 amide bonds. The highest BCUT2D eigenvalue weighted by atomic mass is 35.5. The van der Waals surface area contributed by atoms with Gasteiger partial charge in [-0.15, -0.1) is 24.2 Å². The summed E-state index contributed by atoms with van der Waals surface area (Å²) in [4.78, 5) is 18.2. The van der Waals surface area contributed by atoms with Gasteiger partial charge in [-0.05, 0) is 18.2 Å². The fourth-order valence-electron chi connectivity index (χ4n) is 4.75. The summed E-state index contributed by atoms with van der Waals surface area (Å²) in [5.41, 5.74) is 3.24. The van der Waals surface area contributed by atoms with Crippen LogP contribution >= 0.6 is 24.2 Å². The lowest BCUT2D eigenvalue weighted by Gasteiger charge is -2.38. The van der Waals surface area contributed by atoms with Crippen molar-refractivity contribution in [2.75, 3.05) is 50.5 Å². The maximum atomic E-state index is 13.4. The normalized spacial score (nSPS) is 19.2. The number of hydrogen-bond acceptors (Lipinski definition) is 5. The van der Waals surface area contributed by atoms with Crippen molar-refractivity contribution in [3.63, 3.8) is 0 Å². The third-order valence-corrected chi connectivity index (χ3v) is 7.69. The molecule has 2 aliphatic heterocycles. The Bertz CT molecular complexity index is 1090. The predicted octanol–water partition coefficient (Wildman–Crippen LogP) is 4.34. The van der Waals surface area contributed by atoms with Crippen LogP contribution in [0.5, 0.6) is 5.75 Å². The second kappa shape index (κ2) is 9.15. The van der Waals surface area contributed by atoms with Crippen LogP contribution in [-0.2, 0) is 7.05 Å². The van der Waals surface area contributed by atoms with Gasteiger partial charge < -0.3 is 14.2 Å². The molecule has 5 rings (SSSR count). The van der Waals surface area contributed by atoms with Crippen LogP contribution in [0.15, 0.2) is 53.6 Å². The number of piperazine rings is 1. The number of carbonyl (C=O) groups is 1. The van der Waals surface area contributed by atoms with Crippen molar-refractivity contribution >= 4 is 46.5 Å². The van der Waals surface area contributed by atoms with Crippen molar-refractivity contribution in [2.24, 2.45) is 13.0 Å². The van der Waals surface area contributed by atoms with Gasteiger partial charge in [-0.2, -0.15) is 0 Å². The Hall–Kier alpha value is -2.15. The lowest BCUT2D eigenvalue weighted by molar-refractivity contribution is 0.0889. The number of fused-ring (bicyclic) bond motifs is 3. The number of anilines is 1. The molecule has 5 nitrogen and oxygen atoms in total. The molecule has 1 atom stereocenters. The summed E-state index contributed by atoms with van der Waals surface area (Å²) in [6.45, 7) is 4.68. The number of hydrogen-bond donors (Lipinski definition) is 0. The number of methoxy groups -OCH3 is 1. The molecule has 3 heterocycles. The van der Waals surface area contributed by atoms with Gasteiger partial charge in [0.2, 0.25) is 0 Å². The zero-order valence-electron chi connectivity index (χ0n) is 17.9. The molecule has 0 bridgehead atoms. The first-order valence-corrected chi connectivity index (χ1v) is 11.5. The first-order valence-electron chi connectivity index (χ1n) is 10.5. The molecule has 1 saturated heterocycles. The van der Waals surface area contributed by atoms with Gasteiger partial charge in [0.15, 0.2) is 5.78 Å². The standard InChI is InChI=1S/C24H27N3O2S.ClH/c1-25-19-8-4-3-7-18(19)22-23(28)17(16-30-24(22)25)15-26-11-13-27(14-12-26)20-9-5-6-10-21(20)29-2;/h3-10,17H,11-16H2,1-2H3;1H. The molecule has 164 valence electrons. The summed E-state index contributed by atoms with van der Waals surface area (Å²) in [6.07, 6.45) is 0. The monoisotopic (exact) mass is 457 g/mol. The zero-order valence-corrected chi connectivity index (χ0v) is 19.5. The number of para-hydroxylation sites is 3. The number of carbonyl (C=O) groups excluding carboxylic acids is 1. The largest absolute Gasteiger partial charge is 0.495 e. The van der Waals surface area contributed by atoms with Crippen molar-refractivity contribution in [3.8, 4) is 5.75 Å². The highest BCUT2D eigenvalue weighted by molar-refractivity contribution is 7.99. The molecule has 0 N–H and O–H groups in total. The van der Waals surface area contributed by atoms with E-state index in [1.54, 1.807) is 7.11 Å². The maximum absolute atomic E-state index is 13.4. The highest BCUT2D eigenvalue weighted by Crippen LogP contribution is 2.39. The fraction of sp³-hybridized carbons (Fsp3) is 0.375. The summed E-state index contributed by atoms with van der Waals surface area (Å²) >= 11 is 1.83. The lowest BCUT2D eigenvalue weighted by atomic mass is 9.97. The summed E-state index contributed by atoms with van der Waals surface area (Å²) in [5, 5.41) is 2.22. The van der Waals surface area contributed by atoms with E-state index in [4.69, 9.17) is 4.74 Å². The van der Waals surface area contributed by atoms with Gasteiger partial charge in [-0.25, -0.2) is 0 Å². The van der Waals surface area contributed by atoms with Crippen molar-refractivity contribution in [1.82, 2.24) is 9.47 Å². The minimum atomic E-state index is 0. The number of rotatable bonds is 4. The second-order valence-electron chi connectivity index (χ2n) is 8.09. The minimum Gasteiger partial charge on any atom is -0.495 e. The smallest absolute Gasteiger partial charge is 0.171 e. The Morgan fingerprint density at radius 1 is 1.03 bits per heavy atom. The number of aryl methyl sites for hydroxylation is 1. The first-order chi connectivity index (χ1) is 14.7. The SMILES string of the molecule is COc1ccccc1N1CCN(CC2CSc3c(c4ccccc4n3C)C2=O)CC1.Cl. The average molecular weight is 458 g/mol. The first kappa shape index (κ1) is 22.1. The van der Waals surface area contributed by atoms with E-state index in [9.17, 15) is 4.79 Å². The second-order valence-corrected chi connectivity index (χ2v) is 9.10. The zero-order chi connectivity index (χ0) is 20.7. The van der Waals surface area contributed by atoms with E-state index in [2.05, 4.69) is 45.7 Å². The maximum Gasteiger partial charge on any atom is 0.171 e. The fourth-order valence-corrected chi connectivity index (χ4v) is 6.01. The van der Waals surface area contributed by atoms with Gasteiger partial charge in [0.1, 0.15) is 5.75 Å². The van der Waals surface area contributed by atoms with Crippen LogP contribution in [0.1, 0.15) is 10.4 Å². The predicted molar refractivity (Wildman–Crippen MR) is 130 cm³/mol. The molecule has 0 spiro atoms. The Balaban J connectivity index is 0.00000231. The molecule has 2 aliphatic rings. The molecule has 1 aromatic heterocycles. The topological polar surface area (TPSA) is 37.7 Å². The number of halogens is 1. The van der Waals surface area contributed by atoms with E-state index in [1.807, 2.05) is 36.0 Å². The van der Waals surface area contributed by atoms with Crippen molar-refractivity contribution < 1.29 is 9.53 Å². The van der Waals surface area contributed by atoms with Gasteiger partial charge in [0.25, 0.3) is 0 Å². The van der Waals surface area contributed by atoms with E-state index < -0.39 is 0 Å². The third-order valence-electron chi connectivity index (χ3n) is 6.37. The van der Waals surface area contributed by atoms with Crippen LogP contribution in [0, 0.1) is 5.92 Å². The third kappa shape index (κ3) is 3.93. The van der Waals surface area contributed by atoms with Gasteiger partial charge in [-0.1, -0.05) is 30.3 Å². The molecular weight excluding hydrogens is 430 g/mol. The molecule has 0 aliphatic carbocycles. The summed E-state index contributed by atoms with van der Waals surface area (Å²) in [7, 11) is 3.79. The van der Waals surface area contributed by atoms with E-state index in [-0.39, 0.29) is 18.3 Å². The molecule has 2 aromatic carbocycles. The summed E-state index contributed by atoms with van der Waals surface area (Å²) in [6, 6.07) is 16.5. The van der Waals surface area contributed by atoms with E-state index >= 15 is 0 Å². The van der Waals surface area contributed by atoms with Gasteiger partial charge >= 0.3 is 0 Å². The Morgan fingerprint density at radius 3 is 2.52 bits per heavy atom. The Morgan fingerprint density at radius 2 is 1.74 bits per heavy atom. The van der Waals surface area contributed by atoms with Gasteiger partial charge in [0.05, 0.1) is 23.4 Å². The van der Waals surface area contributed by atoms with Crippen LogP contribution < -0.4 is 9.64 Å². The van der Waals surface area contributed by atoms with Gasteiger partial charge in [0, 0.05) is 62.3 Å².